The molecule has 0 unspecified atom stereocenters. The Kier molecular flexibility index (Phi) is 5.25. The van der Waals surface area contributed by atoms with Gasteiger partial charge in [-0.3, -0.25) is 4.68 Å². The second-order valence-electron chi connectivity index (χ2n) is 6.58. The summed E-state index contributed by atoms with van der Waals surface area (Å²) in [6, 6.07) is 4.74. The smallest absolute Gasteiger partial charge is 0.336 e. The highest BCUT2D eigenvalue weighted by Crippen LogP contribution is 2.24. The molecule has 0 saturated heterocycles. The zero-order valence-electron chi connectivity index (χ0n) is 15.9. The first-order valence-corrected chi connectivity index (χ1v) is 8.81. The van der Waals surface area contributed by atoms with Crippen molar-refractivity contribution in [2.24, 2.45) is 0 Å². The average molecular weight is 369 g/mol. The molecule has 0 aliphatic rings. The number of hydrogen-bond acceptors (Lipinski definition) is 5. The number of nitrogens with zero attached hydrogens (tertiary/aromatic N) is 3. The number of fused-ring (bicyclic) bond motifs is 1. The van der Waals surface area contributed by atoms with Crippen LogP contribution in [0.15, 0.2) is 27.4 Å². The predicted octanol–water partition coefficient (Wildman–Crippen LogP) is 2.83. The van der Waals surface area contributed by atoms with Gasteiger partial charge in [0.05, 0.1) is 0 Å². The Morgan fingerprint density at radius 2 is 1.93 bits per heavy atom. The van der Waals surface area contributed by atoms with Crippen molar-refractivity contribution in [2.45, 2.75) is 40.7 Å². The van der Waals surface area contributed by atoms with Gasteiger partial charge in [-0.25, -0.2) is 14.6 Å². The minimum atomic E-state index is -0.379. The van der Waals surface area contributed by atoms with E-state index in [1.807, 2.05) is 38.4 Å². The fourth-order valence-corrected chi connectivity index (χ4v) is 2.97. The molecule has 3 rings (SSSR count). The van der Waals surface area contributed by atoms with Crippen molar-refractivity contribution in [1.29, 1.82) is 0 Å². The van der Waals surface area contributed by atoms with Crippen molar-refractivity contribution >= 4 is 22.7 Å². The molecule has 0 fully saturated rings. The van der Waals surface area contributed by atoms with Crippen LogP contribution in [0.1, 0.15) is 29.2 Å². The molecule has 3 aromatic rings. The third-order valence-electron chi connectivity index (χ3n) is 4.34. The maximum absolute atomic E-state index is 12.2. The van der Waals surface area contributed by atoms with E-state index in [9.17, 15) is 9.59 Å². The summed E-state index contributed by atoms with van der Waals surface area (Å²) in [5, 5.41) is 10.8. The Labute approximate surface area is 156 Å². The number of nitrogens with one attached hydrogen (secondary N) is 2. The molecule has 0 aliphatic carbocycles. The molecule has 0 spiro atoms. The lowest BCUT2D eigenvalue weighted by Gasteiger charge is -2.12. The lowest BCUT2D eigenvalue weighted by atomic mass is 10.1. The van der Waals surface area contributed by atoms with Crippen molar-refractivity contribution in [3.05, 3.63) is 51.4 Å². The number of aryl methyl sites for hydroxylation is 5. The van der Waals surface area contributed by atoms with Crippen LogP contribution in [0, 0.1) is 27.7 Å². The quantitative estimate of drug-likeness (QED) is 0.532. The van der Waals surface area contributed by atoms with Crippen molar-refractivity contribution in [3.63, 3.8) is 0 Å². The first-order chi connectivity index (χ1) is 12.8. The zero-order valence-corrected chi connectivity index (χ0v) is 15.9. The van der Waals surface area contributed by atoms with E-state index in [2.05, 4.69) is 20.7 Å². The predicted molar refractivity (Wildman–Crippen MR) is 103 cm³/mol. The average Bonchev–Trinajstić information content (AvgIpc) is 2.90. The van der Waals surface area contributed by atoms with Gasteiger partial charge in [0.15, 0.2) is 0 Å². The number of carbonyl (C=O) groups is 1. The second kappa shape index (κ2) is 7.61. The molecule has 8 nitrogen and oxygen atoms in total. The van der Waals surface area contributed by atoms with Gasteiger partial charge in [-0.2, -0.15) is 5.10 Å². The first kappa shape index (κ1) is 18.6. The van der Waals surface area contributed by atoms with Crippen LogP contribution in [-0.2, 0) is 6.54 Å². The Balaban J connectivity index is 1.59. The number of benzene rings is 1. The molecule has 2 heterocycles. The van der Waals surface area contributed by atoms with E-state index in [0.717, 1.165) is 34.6 Å². The molecule has 2 N–H and O–H groups in total. The summed E-state index contributed by atoms with van der Waals surface area (Å²) in [7, 11) is 0. The van der Waals surface area contributed by atoms with E-state index >= 15 is 0 Å². The molecule has 0 bridgehead atoms. The summed E-state index contributed by atoms with van der Waals surface area (Å²) in [6.45, 7) is 8.67. The van der Waals surface area contributed by atoms with Gasteiger partial charge in [0.2, 0.25) is 0 Å². The normalized spacial score (nSPS) is 11.0. The van der Waals surface area contributed by atoms with Crippen molar-refractivity contribution < 1.29 is 9.21 Å². The molecule has 0 aliphatic heterocycles. The van der Waals surface area contributed by atoms with Gasteiger partial charge in [-0.15, -0.1) is 0 Å². The highest BCUT2D eigenvalue weighted by Gasteiger charge is 2.09. The number of aromatic nitrogens is 3. The van der Waals surface area contributed by atoms with Crippen LogP contribution in [-0.4, -0.2) is 27.3 Å². The molecule has 0 saturated carbocycles. The SMILES string of the molecule is Cc1nc(C)n(CCCNC(=O)Nc2cc3c(C)cc(=O)oc3cc2C)n1. The third-order valence-corrected chi connectivity index (χ3v) is 4.34. The van der Waals surface area contributed by atoms with E-state index in [4.69, 9.17) is 4.42 Å². The summed E-state index contributed by atoms with van der Waals surface area (Å²) in [4.78, 5) is 27.9. The Hall–Kier alpha value is -3.16. The van der Waals surface area contributed by atoms with E-state index in [1.54, 1.807) is 6.07 Å². The van der Waals surface area contributed by atoms with E-state index in [-0.39, 0.29) is 11.7 Å². The van der Waals surface area contributed by atoms with E-state index in [1.165, 1.54) is 6.07 Å². The molecular formula is C19H23N5O3. The van der Waals surface area contributed by atoms with E-state index < -0.39 is 0 Å². The highest BCUT2D eigenvalue weighted by atomic mass is 16.4. The van der Waals surface area contributed by atoms with Gasteiger partial charge in [0, 0.05) is 30.2 Å². The zero-order chi connectivity index (χ0) is 19.6. The standard InChI is InChI=1S/C19H23N5O3/c1-11-9-18(25)27-17-8-12(2)16(10-15(11)17)22-19(26)20-6-5-7-24-14(4)21-13(3)23-24/h8-10H,5-7H2,1-4H3,(H2,20,22,26). The van der Waals surface area contributed by atoms with Crippen LogP contribution in [0.2, 0.25) is 0 Å². The van der Waals surface area contributed by atoms with Gasteiger partial charge < -0.3 is 15.1 Å². The monoisotopic (exact) mass is 369 g/mol. The van der Waals surface area contributed by atoms with Crippen LogP contribution in [0.4, 0.5) is 10.5 Å². The number of anilines is 1. The molecule has 8 heteroatoms. The lowest BCUT2D eigenvalue weighted by molar-refractivity contribution is 0.251. The van der Waals surface area contributed by atoms with Crippen molar-refractivity contribution in [2.75, 3.05) is 11.9 Å². The van der Waals surface area contributed by atoms with E-state index in [0.29, 0.717) is 24.4 Å². The van der Waals surface area contributed by atoms with Gasteiger partial charge in [0.25, 0.3) is 0 Å². The summed E-state index contributed by atoms with van der Waals surface area (Å²) in [5.74, 6) is 1.61. The molecule has 2 amide bonds. The molecule has 142 valence electrons. The number of carbonyl (C=O) groups excluding carboxylic acids is 1. The van der Waals surface area contributed by atoms with Gasteiger partial charge in [-0.05, 0) is 57.4 Å². The Morgan fingerprint density at radius 3 is 2.63 bits per heavy atom. The lowest BCUT2D eigenvalue weighted by Crippen LogP contribution is -2.30. The largest absolute Gasteiger partial charge is 0.423 e. The maximum Gasteiger partial charge on any atom is 0.336 e. The van der Waals surface area contributed by atoms with Crippen LogP contribution < -0.4 is 16.3 Å². The molecule has 27 heavy (non-hydrogen) atoms. The molecule has 2 aromatic heterocycles. The summed E-state index contributed by atoms with van der Waals surface area (Å²) >= 11 is 0. The minimum Gasteiger partial charge on any atom is -0.423 e. The number of amides is 2. The van der Waals surface area contributed by atoms with Crippen molar-refractivity contribution in [1.82, 2.24) is 20.1 Å². The van der Waals surface area contributed by atoms with Gasteiger partial charge in [-0.1, -0.05) is 0 Å². The van der Waals surface area contributed by atoms with Gasteiger partial charge in [0.1, 0.15) is 17.2 Å². The molecule has 0 atom stereocenters. The summed E-state index contributed by atoms with van der Waals surface area (Å²) < 4.78 is 7.05. The number of rotatable bonds is 5. The first-order valence-electron chi connectivity index (χ1n) is 8.81. The van der Waals surface area contributed by atoms with Crippen LogP contribution in [0.3, 0.4) is 0 Å². The van der Waals surface area contributed by atoms with Crippen LogP contribution in [0.5, 0.6) is 0 Å². The number of hydrogen-bond donors (Lipinski definition) is 2. The fraction of sp³-hybridized carbons (Fsp3) is 0.368. The van der Waals surface area contributed by atoms with Crippen LogP contribution in [0.25, 0.3) is 11.0 Å². The van der Waals surface area contributed by atoms with Crippen molar-refractivity contribution in [3.8, 4) is 0 Å². The summed E-state index contributed by atoms with van der Waals surface area (Å²) in [6.07, 6.45) is 0.748. The Morgan fingerprint density at radius 1 is 1.15 bits per heavy atom. The van der Waals surface area contributed by atoms with Gasteiger partial charge >= 0.3 is 11.7 Å². The van der Waals surface area contributed by atoms with Crippen LogP contribution >= 0.6 is 0 Å². The molecular weight excluding hydrogens is 346 g/mol. The molecule has 0 radical (unpaired) electrons. The highest BCUT2D eigenvalue weighted by molar-refractivity contribution is 5.94. The number of urea groups is 1. The molecule has 1 aromatic carbocycles. The Bertz CT molecular complexity index is 1050. The summed E-state index contributed by atoms with van der Waals surface area (Å²) in [5.41, 5.74) is 2.45. The second-order valence-corrected chi connectivity index (χ2v) is 6.58. The maximum atomic E-state index is 12.2. The third kappa shape index (κ3) is 4.33. The topological polar surface area (TPSA) is 102 Å². The fourth-order valence-electron chi connectivity index (χ4n) is 2.97. The minimum absolute atomic E-state index is 0.279.